The van der Waals surface area contributed by atoms with Gasteiger partial charge in [0.25, 0.3) is 0 Å². The first kappa shape index (κ1) is 14.7. The number of hydrogen-bond donors (Lipinski definition) is 2. The predicted molar refractivity (Wildman–Crippen MR) is 72.6 cm³/mol. The smallest absolute Gasteiger partial charge is 0.221 e. The minimum absolute atomic E-state index is 0.600. The van der Waals surface area contributed by atoms with Crippen LogP contribution in [0.4, 0.5) is 5.82 Å². The quantitative estimate of drug-likeness (QED) is 0.560. The van der Waals surface area contributed by atoms with Crippen molar-refractivity contribution in [3.8, 4) is 5.88 Å². The van der Waals surface area contributed by atoms with Crippen molar-refractivity contribution in [2.75, 3.05) is 31.7 Å². The Bertz CT molecular complexity index is 379. The first-order valence-electron chi connectivity index (χ1n) is 6.29. The average Bonchev–Trinajstić information content (AvgIpc) is 2.38. The van der Waals surface area contributed by atoms with Gasteiger partial charge in [0, 0.05) is 6.54 Å². The van der Waals surface area contributed by atoms with Gasteiger partial charge in [0.1, 0.15) is 18.2 Å². The topological polar surface area (TPSA) is 76.3 Å². The minimum atomic E-state index is 0.600. The van der Waals surface area contributed by atoms with Crippen molar-refractivity contribution >= 4 is 5.82 Å². The van der Waals surface area contributed by atoms with Gasteiger partial charge in [0.2, 0.25) is 5.88 Å². The van der Waals surface area contributed by atoms with Crippen LogP contribution in [-0.4, -0.2) is 41.1 Å². The van der Waals surface area contributed by atoms with E-state index in [0.717, 1.165) is 25.2 Å². The molecule has 0 unspecified atom stereocenters. The number of nitrogens with one attached hydrogen (secondary N) is 1. The summed E-state index contributed by atoms with van der Waals surface area (Å²) in [7, 11) is 0. The lowest BCUT2D eigenvalue weighted by molar-refractivity contribution is 0.216. The van der Waals surface area contributed by atoms with Gasteiger partial charge in [-0.2, -0.15) is 4.98 Å². The lowest BCUT2D eigenvalue weighted by Crippen LogP contribution is -2.28. The van der Waals surface area contributed by atoms with Gasteiger partial charge in [-0.3, -0.25) is 0 Å². The molecule has 102 valence electrons. The molecule has 1 heterocycles. The molecule has 6 nitrogen and oxygen atoms in total. The maximum absolute atomic E-state index is 5.71. The summed E-state index contributed by atoms with van der Waals surface area (Å²) >= 11 is 0. The molecule has 1 aromatic rings. The molecule has 18 heavy (non-hydrogen) atoms. The highest BCUT2D eigenvalue weighted by Gasteiger charge is 2.09. The molecule has 0 spiro atoms. The fourth-order valence-electron chi connectivity index (χ4n) is 1.70. The van der Waals surface area contributed by atoms with Crippen LogP contribution in [0.3, 0.4) is 0 Å². The second-order valence-electron chi connectivity index (χ2n) is 4.07. The van der Waals surface area contributed by atoms with E-state index in [9.17, 15) is 0 Å². The Morgan fingerprint density at radius 3 is 2.44 bits per heavy atom. The number of likely N-dealkylation sites (N-methyl/N-ethyl adjacent to an activating group) is 1. The number of nitrogen functional groups attached to an aromatic ring is 1. The van der Waals surface area contributed by atoms with Gasteiger partial charge in [0.05, 0.1) is 5.56 Å². The van der Waals surface area contributed by atoms with E-state index in [1.54, 1.807) is 0 Å². The number of hydrogen-bond acceptors (Lipinski definition) is 6. The highest BCUT2D eigenvalue weighted by molar-refractivity contribution is 5.47. The normalized spacial score (nSPS) is 10.8. The summed E-state index contributed by atoms with van der Waals surface area (Å²) in [4.78, 5) is 10.8. The molecule has 0 aliphatic heterocycles. The van der Waals surface area contributed by atoms with Crippen LogP contribution >= 0.6 is 0 Å². The number of aryl methyl sites for hydroxylation is 1. The van der Waals surface area contributed by atoms with Crippen molar-refractivity contribution in [3.63, 3.8) is 0 Å². The van der Waals surface area contributed by atoms with Crippen LogP contribution in [0.5, 0.6) is 5.88 Å². The van der Waals surface area contributed by atoms with Crippen LogP contribution in [-0.2, 0) is 0 Å². The SMILES string of the molecule is CCN(CC)CCOc1nc(C)nc(NN)c1C. The molecule has 0 radical (unpaired) electrons. The zero-order valence-corrected chi connectivity index (χ0v) is 11.7. The third kappa shape index (κ3) is 3.82. The first-order chi connectivity index (χ1) is 8.62. The molecule has 0 aliphatic carbocycles. The molecule has 1 aromatic heterocycles. The van der Waals surface area contributed by atoms with Gasteiger partial charge in [-0.15, -0.1) is 0 Å². The van der Waals surface area contributed by atoms with E-state index in [4.69, 9.17) is 10.6 Å². The van der Waals surface area contributed by atoms with Crippen LogP contribution in [0.1, 0.15) is 25.2 Å². The average molecular weight is 253 g/mol. The molecule has 0 aliphatic rings. The highest BCUT2D eigenvalue weighted by Crippen LogP contribution is 2.20. The Hall–Kier alpha value is -1.40. The number of aromatic nitrogens is 2. The standard InChI is InChI=1S/C12H23N5O/c1-5-17(6-2)7-8-18-12-9(3)11(16-13)14-10(4)15-12/h5-8,13H2,1-4H3,(H,14,15,16). The van der Waals surface area contributed by atoms with Crippen LogP contribution in [0.25, 0.3) is 0 Å². The van der Waals surface area contributed by atoms with Gasteiger partial charge >= 0.3 is 0 Å². The zero-order chi connectivity index (χ0) is 13.5. The number of ether oxygens (including phenoxy) is 1. The molecule has 0 saturated carbocycles. The molecule has 0 fully saturated rings. The molecule has 3 N–H and O–H groups in total. The Balaban J connectivity index is 2.64. The number of nitrogens with zero attached hydrogens (tertiary/aromatic N) is 3. The van der Waals surface area contributed by atoms with E-state index in [0.29, 0.717) is 24.1 Å². The van der Waals surface area contributed by atoms with E-state index in [2.05, 4.69) is 34.1 Å². The van der Waals surface area contributed by atoms with Crippen molar-refractivity contribution in [1.29, 1.82) is 0 Å². The molecular weight excluding hydrogens is 230 g/mol. The fourth-order valence-corrected chi connectivity index (χ4v) is 1.70. The number of nitrogens with two attached hydrogens (primary N) is 1. The lowest BCUT2D eigenvalue weighted by Gasteiger charge is -2.18. The second kappa shape index (κ2) is 7.13. The summed E-state index contributed by atoms with van der Waals surface area (Å²) in [5, 5.41) is 0. The Morgan fingerprint density at radius 2 is 1.89 bits per heavy atom. The van der Waals surface area contributed by atoms with Crippen molar-refractivity contribution in [2.24, 2.45) is 5.84 Å². The van der Waals surface area contributed by atoms with Crippen LogP contribution in [0.15, 0.2) is 0 Å². The Labute approximate surface area is 109 Å². The maximum Gasteiger partial charge on any atom is 0.221 e. The summed E-state index contributed by atoms with van der Waals surface area (Å²) in [5.74, 6) is 7.26. The molecule has 0 atom stereocenters. The predicted octanol–water partition coefficient (Wildman–Crippen LogP) is 1.10. The van der Waals surface area contributed by atoms with E-state index in [-0.39, 0.29) is 0 Å². The van der Waals surface area contributed by atoms with Gasteiger partial charge < -0.3 is 15.1 Å². The molecule has 0 aromatic carbocycles. The number of hydrazine groups is 1. The number of rotatable bonds is 7. The van der Waals surface area contributed by atoms with E-state index in [1.165, 1.54) is 0 Å². The van der Waals surface area contributed by atoms with Gasteiger partial charge in [0.15, 0.2) is 0 Å². The monoisotopic (exact) mass is 253 g/mol. The van der Waals surface area contributed by atoms with Crippen molar-refractivity contribution in [3.05, 3.63) is 11.4 Å². The summed E-state index contributed by atoms with van der Waals surface area (Å²) in [6, 6.07) is 0. The van der Waals surface area contributed by atoms with E-state index >= 15 is 0 Å². The first-order valence-corrected chi connectivity index (χ1v) is 6.29. The lowest BCUT2D eigenvalue weighted by atomic mass is 10.3. The van der Waals surface area contributed by atoms with Crippen LogP contribution in [0.2, 0.25) is 0 Å². The molecule has 1 rings (SSSR count). The van der Waals surface area contributed by atoms with Crippen LogP contribution in [0, 0.1) is 13.8 Å². The zero-order valence-electron chi connectivity index (χ0n) is 11.7. The van der Waals surface area contributed by atoms with Gasteiger partial charge in [-0.05, 0) is 26.9 Å². The summed E-state index contributed by atoms with van der Waals surface area (Å²) in [6.45, 7) is 11.5. The molecule has 0 amide bonds. The van der Waals surface area contributed by atoms with Gasteiger partial charge in [-0.25, -0.2) is 10.8 Å². The molecule has 6 heteroatoms. The Morgan fingerprint density at radius 1 is 1.22 bits per heavy atom. The summed E-state index contributed by atoms with van der Waals surface area (Å²) in [6.07, 6.45) is 0. The van der Waals surface area contributed by atoms with Crippen molar-refractivity contribution in [1.82, 2.24) is 14.9 Å². The summed E-state index contributed by atoms with van der Waals surface area (Å²) < 4.78 is 5.71. The highest BCUT2D eigenvalue weighted by atomic mass is 16.5. The molecular formula is C12H23N5O. The Kier molecular flexibility index (Phi) is 5.80. The number of anilines is 1. The largest absolute Gasteiger partial charge is 0.476 e. The van der Waals surface area contributed by atoms with E-state index < -0.39 is 0 Å². The van der Waals surface area contributed by atoms with Crippen molar-refractivity contribution in [2.45, 2.75) is 27.7 Å². The molecule has 0 bridgehead atoms. The van der Waals surface area contributed by atoms with E-state index in [1.807, 2.05) is 13.8 Å². The maximum atomic E-state index is 5.71. The summed E-state index contributed by atoms with van der Waals surface area (Å²) in [5.41, 5.74) is 3.39. The third-order valence-corrected chi connectivity index (χ3v) is 2.89. The van der Waals surface area contributed by atoms with Crippen molar-refractivity contribution < 1.29 is 4.74 Å². The second-order valence-corrected chi connectivity index (χ2v) is 4.07. The van der Waals surface area contributed by atoms with Crippen LogP contribution < -0.4 is 16.0 Å². The third-order valence-electron chi connectivity index (χ3n) is 2.89. The molecule has 0 saturated heterocycles. The fraction of sp³-hybridized carbons (Fsp3) is 0.667. The minimum Gasteiger partial charge on any atom is -0.476 e. The van der Waals surface area contributed by atoms with Gasteiger partial charge in [-0.1, -0.05) is 13.8 Å².